The van der Waals surface area contributed by atoms with Gasteiger partial charge in [-0.25, -0.2) is 9.78 Å². The zero-order chi connectivity index (χ0) is 23.2. The number of ether oxygens (including phenoxy) is 1. The lowest BCUT2D eigenvalue weighted by Crippen LogP contribution is -2.39. The average Bonchev–Trinajstić information content (AvgIpc) is 3.24. The van der Waals surface area contributed by atoms with Crippen LogP contribution in [0.15, 0.2) is 18.2 Å². The fourth-order valence-corrected chi connectivity index (χ4v) is 6.06. The fraction of sp³-hybridized carbons (Fsp3) is 0.435. The summed E-state index contributed by atoms with van der Waals surface area (Å²) in [5.41, 5.74) is 3.64. The molecule has 0 bridgehead atoms. The smallest absolute Gasteiger partial charge is 0.410 e. The van der Waals surface area contributed by atoms with Crippen molar-refractivity contribution in [2.24, 2.45) is 0 Å². The highest BCUT2D eigenvalue weighted by Gasteiger charge is 2.31. The van der Waals surface area contributed by atoms with Gasteiger partial charge in [0, 0.05) is 43.7 Å². The molecule has 0 spiro atoms. The highest BCUT2D eigenvalue weighted by atomic mass is 32.1. The summed E-state index contributed by atoms with van der Waals surface area (Å²) in [4.78, 5) is 34.3. The van der Waals surface area contributed by atoms with Gasteiger partial charge in [-0.15, -0.1) is 22.7 Å². The molecule has 2 aromatic heterocycles. The van der Waals surface area contributed by atoms with E-state index < -0.39 is 5.60 Å². The molecule has 1 N–H and O–H groups in total. The van der Waals surface area contributed by atoms with Crippen molar-refractivity contribution in [2.45, 2.75) is 46.3 Å². The Morgan fingerprint density at radius 2 is 1.97 bits per heavy atom. The molecular weight excluding hydrogens is 444 g/mol. The molecule has 1 aliphatic heterocycles. The number of carbonyl (C=O) groups excluding carboxylic acids is 2. The van der Waals surface area contributed by atoms with Gasteiger partial charge in [-0.3, -0.25) is 4.79 Å². The zero-order valence-electron chi connectivity index (χ0n) is 19.2. The Hall–Kier alpha value is -2.65. The van der Waals surface area contributed by atoms with E-state index in [1.807, 2.05) is 34.9 Å². The van der Waals surface area contributed by atoms with Crippen molar-refractivity contribution >= 4 is 55.6 Å². The molecule has 0 saturated heterocycles. The molecule has 0 unspecified atom stereocenters. The first-order valence-corrected chi connectivity index (χ1v) is 12.1. The first-order chi connectivity index (χ1) is 15.0. The van der Waals surface area contributed by atoms with Gasteiger partial charge < -0.3 is 19.9 Å². The SMILES string of the molecule is CC(=O)Nc1sc2c(c1-c1nc3cc(N(C)C)ccc3s1)CCN(C(=O)OC(C)(C)C)C2. The van der Waals surface area contributed by atoms with Crippen molar-refractivity contribution in [3.8, 4) is 10.6 Å². The van der Waals surface area contributed by atoms with Gasteiger partial charge in [0.2, 0.25) is 5.91 Å². The summed E-state index contributed by atoms with van der Waals surface area (Å²) < 4.78 is 6.66. The van der Waals surface area contributed by atoms with Gasteiger partial charge in [0.05, 0.1) is 16.8 Å². The topological polar surface area (TPSA) is 74.8 Å². The number of hydrogen-bond donors (Lipinski definition) is 1. The van der Waals surface area contributed by atoms with Crippen molar-refractivity contribution in [1.29, 1.82) is 0 Å². The van der Waals surface area contributed by atoms with Crippen molar-refractivity contribution < 1.29 is 14.3 Å². The minimum absolute atomic E-state index is 0.121. The molecule has 2 amide bonds. The van der Waals surface area contributed by atoms with Crippen molar-refractivity contribution in [1.82, 2.24) is 9.88 Å². The molecule has 0 saturated carbocycles. The van der Waals surface area contributed by atoms with Gasteiger partial charge in [-0.1, -0.05) is 0 Å². The van der Waals surface area contributed by atoms with Gasteiger partial charge in [-0.2, -0.15) is 0 Å². The fourth-order valence-electron chi connectivity index (χ4n) is 3.66. The number of nitrogens with zero attached hydrogens (tertiary/aromatic N) is 3. The standard InChI is InChI=1S/C23H28N4O3S2/c1-13(28)24-20-19(21-25-16-11-14(26(5)6)7-8-17(16)31-21)15-9-10-27(12-18(15)32-20)22(29)30-23(2,3)4/h7-8,11H,9-10,12H2,1-6H3,(H,24,28). The van der Waals surface area contributed by atoms with Gasteiger partial charge in [0.1, 0.15) is 15.6 Å². The summed E-state index contributed by atoms with van der Waals surface area (Å²) in [6.45, 7) is 8.16. The largest absolute Gasteiger partial charge is 0.444 e. The van der Waals surface area contributed by atoms with Crippen LogP contribution < -0.4 is 10.2 Å². The maximum absolute atomic E-state index is 12.6. The normalized spacial score (nSPS) is 13.8. The Kier molecular flexibility index (Phi) is 5.89. The lowest BCUT2D eigenvalue weighted by molar-refractivity contribution is -0.114. The van der Waals surface area contributed by atoms with Crippen LogP contribution in [0.2, 0.25) is 0 Å². The molecular formula is C23H28N4O3S2. The predicted octanol–water partition coefficient (Wildman–Crippen LogP) is 5.34. The second-order valence-electron chi connectivity index (χ2n) is 9.11. The van der Waals surface area contributed by atoms with Crippen molar-refractivity contribution in [3.05, 3.63) is 28.6 Å². The molecule has 3 aromatic rings. The Balaban J connectivity index is 1.73. The maximum atomic E-state index is 12.6. The van der Waals surface area contributed by atoms with Crippen LogP contribution in [-0.2, 0) is 22.5 Å². The van der Waals surface area contributed by atoms with Gasteiger partial charge >= 0.3 is 6.09 Å². The number of thiazole rings is 1. The number of amides is 2. The number of hydrogen-bond acceptors (Lipinski definition) is 7. The van der Waals surface area contributed by atoms with Gasteiger partial charge in [0.25, 0.3) is 0 Å². The lowest BCUT2D eigenvalue weighted by Gasteiger charge is -2.30. The van der Waals surface area contributed by atoms with E-state index in [0.29, 0.717) is 19.5 Å². The van der Waals surface area contributed by atoms with E-state index in [1.165, 1.54) is 18.3 Å². The third-order valence-electron chi connectivity index (χ3n) is 5.10. The highest BCUT2D eigenvalue weighted by molar-refractivity contribution is 7.23. The van der Waals surface area contributed by atoms with Crippen LogP contribution in [0.25, 0.3) is 20.8 Å². The number of aromatic nitrogens is 1. The minimum atomic E-state index is -0.536. The summed E-state index contributed by atoms with van der Waals surface area (Å²) >= 11 is 3.14. The first-order valence-electron chi connectivity index (χ1n) is 10.5. The maximum Gasteiger partial charge on any atom is 0.410 e. The quantitative estimate of drug-likeness (QED) is 0.557. The lowest BCUT2D eigenvalue weighted by atomic mass is 10.0. The molecule has 3 heterocycles. The number of fused-ring (bicyclic) bond motifs is 2. The van der Waals surface area contributed by atoms with Crippen LogP contribution in [0, 0.1) is 0 Å². The monoisotopic (exact) mass is 472 g/mol. The predicted molar refractivity (Wildman–Crippen MR) is 132 cm³/mol. The van der Waals surface area contributed by atoms with E-state index in [4.69, 9.17) is 9.72 Å². The molecule has 1 aliphatic rings. The van der Waals surface area contributed by atoms with E-state index in [1.54, 1.807) is 16.2 Å². The van der Waals surface area contributed by atoms with Crippen LogP contribution in [0.5, 0.6) is 0 Å². The number of benzene rings is 1. The Morgan fingerprint density at radius 3 is 2.62 bits per heavy atom. The highest BCUT2D eigenvalue weighted by Crippen LogP contribution is 2.46. The summed E-state index contributed by atoms with van der Waals surface area (Å²) in [5, 5.41) is 4.67. The number of thiophene rings is 1. The summed E-state index contributed by atoms with van der Waals surface area (Å²) in [6, 6.07) is 6.25. The Bertz CT molecular complexity index is 1190. The van der Waals surface area contributed by atoms with E-state index in [0.717, 1.165) is 41.9 Å². The third-order valence-corrected chi connectivity index (χ3v) is 7.29. The molecule has 9 heteroatoms. The van der Waals surface area contributed by atoms with E-state index in [2.05, 4.69) is 28.4 Å². The molecule has 32 heavy (non-hydrogen) atoms. The number of carbonyl (C=O) groups is 2. The Morgan fingerprint density at radius 1 is 1.22 bits per heavy atom. The summed E-state index contributed by atoms with van der Waals surface area (Å²) in [7, 11) is 4.02. The number of anilines is 2. The van der Waals surface area contributed by atoms with E-state index in [9.17, 15) is 9.59 Å². The molecule has 0 radical (unpaired) electrons. The second-order valence-corrected chi connectivity index (χ2v) is 11.2. The van der Waals surface area contributed by atoms with Crippen LogP contribution in [0.3, 0.4) is 0 Å². The first kappa shape index (κ1) is 22.5. The Labute approximate surface area is 196 Å². The molecule has 0 fully saturated rings. The minimum Gasteiger partial charge on any atom is -0.444 e. The van der Waals surface area contributed by atoms with E-state index >= 15 is 0 Å². The van der Waals surface area contributed by atoms with Crippen molar-refractivity contribution in [3.63, 3.8) is 0 Å². The molecule has 170 valence electrons. The molecule has 0 aliphatic carbocycles. The van der Waals surface area contributed by atoms with Gasteiger partial charge in [-0.05, 0) is 51.0 Å². The molecule has 4 rings (SSSR count). The molecule has 7 nitrogen and oxygen atoms in total. The number of nitrogens with one attached hydrogen (secondary N) is 1. The van der Waals surface area contributed by atoms with Crippen LogP contribution in [-0.4, -0.2) is 48.1 Å². The molecule has 1 aromatic carbocycles. The van der Waals surface area contributed by atoms with Crippen LogP contribution >= 0.6 is 22.7 Å². The summed E-state index contributed by atoms with van der Waals surface area (Å²) in [6.07, 6.45) is 0.383. The number of rotatable bonds is 3. The van der Waals surface area contributed by atoms with Crippen LogP contribution in [0.1, 0.15) is 38.1 Å². The third kappa shape index (κ3) is 4.59. The second kappa shape index (κ2) is 8.37. The van der Waals surface area contributed by atoms with E-state index in [-0.39, 0.29) is 12.0 Å². The van der Waals surface area contributed by atoms with Crippen LogP contribution in [0.4, 0.5) is 15.5 Å². The van der Waals surface area contributed by atoms with Crippen molar-refractivity contribution in [2.75, 3.05) is 30.9 Å². The summed E-state index contributed by atoms with van der Waals surface area (Å²) in [5.74, 6) is -0.121. The van der Waals surface area contributed by atoms with Gasteiger partial charge in [0.15, 0.2) is 0 Å². The molecule has 0 atom stereocenters. The zero-order valence-corrected chi connectivity index (χ0v) is 20.9. The average molecular weight is 473 g/mol.